The third-order valence-corrected chi connectivity index (χ3v) is 4.96. The van der Waals surface area contributed by atoms with Crippen LogP contribution >= 0.6 is 0 Å². The largest absolute Gasteiger partial charge is 0.497 e. The second kappa shape index (κ2) is 8.99. The summed E-state index contributed by atoms with van der Waals surface area (Å²) < 4.78 is 24.9. The van der Waals surface area contributed by atoms with Crippen molar-refractivity contribution in [3.8, 4) is 5.75 Å². The van der Waals surface area contributed by atoms with E-state index in [2.05, 4.69) is 15.3 Å². The van der Waals surface area contributed by atoms with E-state index in [-0.39, 0.29) is 12.1 Å². The number of ether oxygens (including phenoxy) is 2. The van der Waals surface area contributed by atoms with Gasteiger partial charge in [-0.25, -0.2) is 14.2 Å². The topological polar surface area (TPSA) is 96.5 Å². The number of aromatic amines is 1. The van der Waals surface area contributed by atoms with Crippen LogP contribution in [-0.2, 0) is 11.2 Å². The molecule has 0 radical (unpaired) electrons. The highest BCUT2D eigenvalue weighted by molar-refractivity contribution is 5.75. The Labute approximate surface area is 174 Å². The van der Waals surface area contributed by atoms with Crippen LogP contribution < -0.4 is 15.6 Å². The number of hydrogen-bond acceptors (Lipinski definition) is 6. The molecule has 2 atom stereocenters. The molecular formula is C21H29FN4O4. The van der Waals surface area contributed by atoms with Crippen molar-refractivity contribution in [1.82, 2.24) is 20.2 Å². The number of nitrogens with one attached hydrogen (secondary N) is 2. The monoisotopic (exact) mass is 420 g/mol. The predicted octanol–water partition coefficient (Wildman–Crippen LogP) is 2.41. The number of aromatic nitrogens is 2. The average Bonchev–Trinajstić information content (AvgIpc) is 2.66. The molecule has 1 amide bonds. The molecule has 1 saturated heterocycles. The lowest BCUT2D eigenvalue weighted by atomic mass is 10.0. The van der Waals surface area contributed by atoms with Crippen LogP contribution in [0.15, 0.2) is 23.0 Å². The van der Waals surface area contributed by atoms with Gasteiger partial charge in [0.25, 0.3) is 5.56 Å². The number of methoxy groups -OCH3 is 1. The highest BCUT2D eigenvalue weighted by Crippen LogP contribution is 2.18. The van der Waals surface area contributed by atoms with Crippen molar-refractivity contribution in [1.29, 1.82) is 0 Å². The number of nitrogens with zero attached hydrogens (tertiary/aromatic N) is 2. The number of halogens is 1. The number of carbonyl (C=O) groups excluding carboxylic acids is 1. The number of likely N-dealkylation sites (tertiary alicyclic amines) is 1. The van der Waals surface area contributed by atoms with Gasteiger partial charge in [0.1, 0.15) is 23.2 Å². The molecule has 0 saturated carbocycles. The third-order valence-electron chi connectivity index (χ3n) is 4.96. The molecule has 3 rings (SSSR count). The molecule has 2 aromatic rings. The smallest absolute Gasteiger partial charge is 0.407 e. The van der Waals surface area contributed by atoms with E-state index in [0.717, 1.165) is 0 Å². The van der Waals surface area contributed by atoms with Gasteiger partial charge in [-0.2, -0.15) is 0 Å². The molecule has 2 heterocycles. The molecule has 0 aliphatic carbocycles. The summed E-state index contributed by atoms with van der Waals surface area (Å²) in [7, 11) is 1.56. The van der Waals surface area contributed by atoms with Crippen molar-refractivity contribution in [2.75, 3.05) is 26.7 Å². The van der Waals surface area contributed by atoms with Gasteiger partial charge in [-0.1, -0.05) is 0 Å². The van der Waals surface area contributed by atoms with Gasteiger partial charge in [0.05, 0.1) is 24.2 Å². The predicted molar refractivity (Wildman–Crippen MR) is 112 cm³/mol. The van der Waals surface area contributed by atoms with Crippen LogP contribution in [0.4, 0.5) is 9.18 Å². The van der Waals surface area contributed by atoms with Gasteiger partial charge in [0.15, 0.2) is 0 Å². The molecule has 1 aromatic heterocycles. The fraction of sp³-hybridized carbons (Fsp3) is 0.571. The fourth-order valence-corrected chi connectivity index (χ4v) is 3.46. The van der Waals surface area contributed by atoms with E-state index in [4.69, 9.17) is 9.47 Å². The maximum Gasteiger partial charge on any atom is 0.407 e. The summed E-state index contributed by atoms with van der Waals surface area (Å²) in [6, 6.07) is 4.73. The summed E-state index contributed by atoms with van der Waals surface area (Å²) in [6.07, 6.45) is -0.927. The summed E-state index contributed by atoms with van der Waals surface area (Å²) in [4.78, 5) is 33.4. The van der Waals surface area contributed by atoms with E-state index in [9.17, 15) is 14.0 Å². The molecule has 1 aromatic carbocycles. The number of alkyl halides is 1. The molecule has 8 nitrogen and oxygen atoms in total. The van der Waals surface area contributed by atoms with Crippen molar-refractivity contribution in [2.24, 2.45) is 0 Å². The Morgan fingerprint density at radius 3 is 2.83 bits per heavy atom. The van der Waals surface area contributed by atoms with E-state index in [1.807, 2.05) is 4.90 Å². The van der Waals surface area contributed by atoms with Gasteiger partial charge in [-0.05, 0) is 39.3 Å². The third kappa shape index (κ3) is 5.69. The lowest BCUT2D eigenvalue weighted by molar-refractivity contribution is 0.0398. The zero-order chi connectivity index (χ0) is 21.9. The fourth-order valence-electron chi connectivity index (χ4n) is 3.46. The van der Waals surface area contributed by atoms with Gasteiger partial charge in [0, 0.05) is 32.1 Å². The van der Waals surface area contributed by atoms with Crippen LogP contribution in [0.1, 0.15) is 32.9 Å². The Balaban J connectivity index is 1.55. The molecule has 1 fully saturated rings. The van der Waals surface area contributed by atoms with E-state index >= 15 is 0 Å². The lowest BCUT2D eigenvalue weighted by Crippen LogP contribution is -2.53. The summed E-state index contributed by atoms with van der Waals surface area (Å²) in [5.41, 5.74) is 0.822. The molecule has 0 spiro atoms. The van der Waals surface area contributed by atoms with Crippen LogP contribution in [0.3, 0.4) is 0 Å². The van der Waals surface area contributed by atoms with Gasteiger partial charge in [-0.15, -0.1) is 0 Å². The standard InChI is InChI=1S/C21H29FN4O4/c1-21(2,3)30-20(28)25-15-7-9-26(12-14(15)22)10-8-17-19(27)24-18-11-13(29-4)5-6-16(18)23-17/h5-6,11,14-15H,7-10,12H2,1-4H3,(H,24,27)(H,25,28). The summed E-state index contributed by atoms with van der Waals surface area (Å²) >= 11 is 0. The first-order valence-corrected chi connectivity index (χ1v) is 10.1. The highest BCUT2D eigenvalue weighted by atomic mass is 19.1. The Morgan fingerprint density at radius 1 is 1.40 bits per heavy atom. The summed E-state index contributed by atoms with van der Waals surface area (Å²) in [6.45, 7) is 6.60. The molecular weight excluding hydrogens is 391 g/mol. The Morgan fingerprint density at radius 2 is 2.17 bits per heavy atom. The average molecular weight is 420 g/mol. The molecule has 1 aliphatic rings. The van der Waals surface area contributed by atoms with Crippen LogP contribution in [0.25, 0.3) is 11.0 Å². The highest BCUT2D eigenvalue weighted by Gasteiger charge is 2.31. The molecule has 0 bridgehead atoms. The van der Waals surface area contributed by atoms with Gasteiger partial charge in [-0.3, -0.25) is 9.69 Å². The van der Waals surface area contributed by atoms with Crippen molar-refractivity contribution in [2.45, 2.75) is 51.4 Å². The number of amides is 1. The maximum atomic E-state index is 14.6. The molecule has 2 unspecified atom stereocenters. The number of benzene rings is 1. The maximum absolute atomic E-state index is 14.6. The molecule has 30 heavy (non-hydrogen) atoms. The van der Waals surface area contributed by atoms with Crippen molar-refractivity contribution >= 4 is 17.1 Å². The second-order valence-corrected chi connectivity index (χ2v) is 8.50. The zero-order valence-electron chi connectivity index (χ0n) is 17.8. The molecule has 164 valence electrons. The minimum atomic E-state index is -1.21. The molecule has 9 heteroatoms. The number of alkyl carbamates (subject to hydrolysis) is 1. The summed E-state index contributed by atoms with van der Waals surface area (Å²) in [5.74, 6) is 0.643. The SMILES string of the molecule is COc1ccc2nc(CCN3CCC(NC(=O)OC(C)(C)C)C(F)C3)c(=O)[nH]c2c1. The Kier molecular flexibility index (Phi) is 6.60. The Bertz CT molecular complexity index is 956. The van der Waals surface area contributed by atoms with Crippen LogP contribution in [0, 0.1) is 0 Å². The van der Waals surface area contributed by atoms with Gasteiger partial charge >= 0.3 is 6.09 Å². The second-order valence-electron chi connectivity index (χ2n) is 8.50. The van der Waals surface area contributed by atoms with Gasteiger partial charge < -0.3 is 19.8 Å². The molecule has 1 aliphatic heterocycles. The summed E-state index contributed by atoms with van der Waals surface area (Å²) in [5, 5.41) is 2.62. The number of piperidine rings is 1. The van der Waals surface area contributed by atoms with Crippen molar-refractivity contribution in [3.05, 3.63) is 34.2 Å². The minimum absolute atomic E-state index is 0.184. The zero-order valence-corrected chi connectivity index (χ0v) is 17.8. The first kappa shape index (κ1) is 22.0. The van der Waals surface area contributed by atoms with E-state index in [0.29, 0.717) is 48.4 Å². The Hall–Kier alpha value is -2.68. The van der Waals surface area contributed by atoms with Crippen LogP contribution in [0.2, 0.25) is 0 Å². The quantitative estimate of drug-likeness (QED) is 0.771. The van der Waals surface area contributed by atoms with Crippen LogP contribution in [0.5, 0.6) is 5.75 Å². The number of fused-ring (bicyclic) bond motifs is 1. The van der Waals surface area contributed by atoms with E-state index < -0.39 is 23.9 Å². The first-order chi connectivity index (χ1) is 14.1. The molecule has 2 N–H and O–H groups in total. The van der Waals surface area contributed by atoms with E-state index in [1.54, 1.807) is 46.1 Å². The lowest BCUT2D eigenvalue weighted by Gasteiger charge is -2.35. The normalized spacial score (nSPS) is 20.2. The van der Waals surface area contributed by atoms with Gasteiger partial charge in [0.2, 0.25) is 0 Å². The first-order valence-electron chi connectivity index (χ1n) is 10.1. The number of hydrogen-bond donors (Lipinski definition) is 2. The minimum Gasteiger partial charge on any atom is -0.497 e. The number of rotatable bonds is 5. The van der Waals surface area contributed by atoms with Crippen molar-refractivity contribution in [3.63, 3.8) is 0 Å². The van der Waals surface area contributed by atoms with Crippen LogP contribution in [-0.4, -0.2) is 65.5 Å². The van der Waals surface area contributed by atoms with Crippen molar-refractivity contribution < 1.29 is 18.7 Å². The number of carbonyl (C=O) groups is 1. The number of H-pyrrole nitrogens is 1. The van der Waals surface area contributed by atoms with E-state index in [1.165, 1.54) is 0 Å².